The van der Waals surface area contributed by atoms with Gasteiger partial charge >= 0.3 is 6.03 Å². The topological polar surface area (TPSA) is 74.3 Å². The molecule has 6 nitrogen and oxygen atoms in total. The first-order valence-corrected chi connectivity index (χ1v) is 10.2. The number of amides is 3. The minimum atomic E-state index is -0.574. The monoisotopic (exact) mass is 426 g/mol. The fourth-order valence-corrected chi connectivity index (χ4v) is 4.23. The minimum Gasteiger partial charge on any atom is -0.314 e. The number of thiazole rings is 1. The van der Waals surface area contributed by atoms with E-state index in [0.717, 1.165) is 22.5 Å². The van der Waals surface area contributed by atoms with Crippen molar-refractivity contribution >= 4 is 51.4 Å². The second-order valence-corrected chi connectivity index (χ2v) is 8.64. The number of hydrogen-bond donors (Lipinski definition) is 2. The maximum atomic E-state index is 12.5. The van der Waals surface area contributed by atoms with Gasteiger partial charge in [0.2, 0.25) is 5.91 Å². The molecule has 0 spiro atoms. The average Bonchev–Trinajstić information content (AvgIpc) is 3.22. The van der Waals surface area contributed by atoms with Gasteiger partial charge in [-0.2, -0.15) is 0 Å². The molecular formula is C21H19ClN4O2S. The van der Waals surface area contributed by atoms with E-state index in [9.17, 15) is 9.59 Å². The van der Waals surface area contributed by atoms with Crippen molar-refractivity contribution in [1.29, 1.82) is 0 Å². The van der Waals surface area contributed by atoms with Crippen LogP contribution in [-0.2, 0) is 10.2 Å². The Bertz CT molecular complexity index is 1110. The number of fused-ring (bicyclic) bond motifs is 1. The zero-order valence-electron chi connectivity index (χ0n) is 16.1. The third-order valence-electron chi connectivity index (χ3n) is 4.99. The van der Waals surface area contributed by atoms with E-state index in [1.807, 2.05) is 37.4 Å². The Hall–Kier alpha value is -2.90. The second kappa shape index (κ2) is 7.17. The van der Waals surface area contributed by atoms with Crippen molar-refractivity contribution in [2.45, 2.75) is 19.3 Å². The smallest absolute Gasteiger partial charge is 0.314 e. The first-order valence-electron chi connectivity index (χ1n) is 8.98. The predicted molar refractivity (Wildman–Crippen MR) is 118 cm³/mol. The summed E-state index contributed by atoms with van der Waals surface area (Å²) in [5, 5.41) is 8.45. The molecule has 3 aromatic rings. The van der Waals surface area contributed by atoms with Crippen LogP contribution in [0.4, 0.5) is 21.3 Å². The van der Waals surface area contributed by atoms with Crippen LogP contribution in [0.3, 0.4) is 0 Å². The highest BCUT2D eigenvalue weighted by Crippen LogP contribution is 2.42. The van der Waals surface area contributed by atoms with Crippen LogP contribution in [0.5, 0.6) is 0 Å². The molecular weight excluding hydrogens is 408 g/mol. The molecule has 0 aliphatic carbocycles. The zero-order chi connectivity index (χ0) is 20.8. The summed E-state index contributed by atoms with van der Waals surface area (Å²) >= 11 is 7.19. The van der Waals surface area contributed by atoms with Gasteiger partial charge in [0, 0.05) is 34.4 Å². The van der Waals surface area contributed by atoms with Crippen LogP contribution in [0.1, 0.15) is 19.4 Å². The summed E-state index contributed by atoms with van der Waals surface area (Å²) in [6.07, 6.45) is 0. The number of aromatic nitrogens is 1. The second-order valence-electron chi connectivity index (χ2n) is 7.35. The molecule has 4 rings (SSSR count). The lowest BCUT2D eigenvalue weighted by Crippen LogP contribution is -2.33. The fourth-order valence-electron chi connectivity index (χ4n) is 3.39. The Morgan fingerprint density at radius 3 is 2.59 bits per heavy atom. The first-order chi connectivity index (χ1) is 13.8. The van der Waals surface area contributed by atoms with Crippen molar-refractivity contribution in [3.63, 3.8) is 0 Å². The highest BCUT2D eigenvalue weighted by Gasteiger charge is 2.42. The van der Waals surface area contributed by atoms with Gasteiger partial charge in [0.25, 0.3) is 0 Å². The molecule has 29 heavy (non-hydrogen) atoms. The van der Waals surface area contributed by atoms with Crippen LogP contribution in [0.15, 0.2) is 47.8 Å². The minimum absolute atomic E-state index is 0.0733. The molecule has 0 fully saturated rings. The van der Waals surface area contributed by atoms with E-state index >= 15 is 0 Å². The molecule has 0 bridgehead atoms. The van der Waals surface area contributed by atoms with E-state index in [4.69, 9.17) is 11.6 Å². The summed E-state index contributed by atoms with van der Waals surface area (Å²) in [5.74, 6) is 0.0733. The predicted octanol–water partition coefficient (Wildman–Crippen LogP) is 5.36. The number of nitrogens with one attached hydrogen (secondary N) is 2. The van der Waals surface area contributed by atoms with Gasteiger partial charge in [0.1, 0.15) is 0 Å². The van der Waals surface area contributed by atoms with Gasteiger partial charge in [0.15, 0.2) is 5.13 Å². The van der Waals surface area contributed by atoms with Crippen LogP contribution < -0.4 is 15.5 Å². The summed E-state index contributed by atoms with van der Waals surface area (Å²) in [6, 6.07) is 12.4. The Morgan fingerprint density at radius 2 is 1.86 bits per heavy atom. The van der Waals surface area contributed by atoms with E-state index < -0.39 is 5.41 Å². The Kier molecular flexibility index (Phi) is 4.80. The molecule has 2 aromatic carbocycles. The van der Waals surface area contributed by atoms with Crippen LogP contribution in [0, 0.1) is 0 Å². The van der Waals surface area contributed by atoms with E-state index in [1.54, 1.807) is 36.2 Å². The molecule has 8 heteroatoms. The highest BCUT2D eigenvalue weighted by atomic mass is 35.5. The number of carbonyl (C=O) groups is 2. The molecule has 0 saturated heterocycles. The van der Waals surface area contributed by atoms with Crippen LogP contribution in [0.2, 0.25) is 5.02 Å². The summed E-state index contributed by atoms with van der Waals surface area (Å²) in [6.45, 7) is 3.85. The van der Waals surface area contributed by atoms with E-state index in [1.165, 1.54) is 11.3 Å². The highest BCUT2D eigenvalue weighted by molar-refractivity contribution is 7.14. The molecule has 148 valence electrons. The van der Waals surface area contributed by atoms with Gasteiger partial charge in [-0.1, -0.05) is 17.7 Å². The first kappa shape index (κ1) is 19.4. The van der Waals surface area contributed by atoms with Crippen molar-refractivity contribution in [3.8, 4) is 11.3 Å². The fraction of sp³-hybridized carbons (Fsp3) is 0.190. The van der Waals surface area contributed by atoms with Crippen molar-refractivity contribution < 1.29 is 9.59 Å². The quantitative estimate of drug-likeness (QED) is 0.591. The van der Waals surface area contributed by atoms with Crippen molar-refractivity contribution in [3.05, 3.63) is 58.4 Å². The lowest BCUT2D eigenvalue weighted by Gasteiger charge is -2.16. The van der Waals surface area contributed by atoms with Gasteiger partial charge < -0.3 is 10.2 Å². The molecule has 1 aliphatic heterocycles. The Balaban J connectivity index is 1.51. The number of hydrogen-bond acceptors (Lipinski definition) is 4. The Labute approximate surface area is 177 Å². The van der Waals surface area contributed by atoms with Gasteiger partial charge in [-0.25, -0.2) is 9.78 Å². The maximum absolute atomic E-state index is 12.5. The molecule has 2 heterocycles. The van der Waals surface area contributed by atoms with E-state index in [-0.39, 0.29) is 11.9 Å². The third kappa shape index (κ3) is 3.59. The SMILES string of the molecule is CN1C(=O)C(C)(C)c2cc(-c3csc(NC(=O)Nc4ccc(Cl)cc4)n3)ccc21. The average molecular weight is 427 g/mol. The normalized spacial score (nSPS) is 14.6. The summed E-state index contributed by atoms with van der Waals surface area (Å²) in [4.78, 5) is 30.9. The molecule has 1 aromatic heterocycles. The van der Waals surface area contributed by atoms with Crippen LogP contribution >= 0.6 is 22.9 Å². The number of benzene rings is 2. The van der Waals surface area contributed by atoms with E-state index in [2.05, 4.69) is 15.6 Å². The molecule has 0 radical (unpaired) electrons. The van der Waals surface area contributed by atoms with E-state index in [0.29, 0.717) is 15.8 Å². The largest absolute Gasteiger partial charge is 0.325 e. The maximum Gasteiger partial charge on any atom is 0.325 e. The number of urea groups is 1. The van der Waals surface area contributed by atoms with Gasteiger partial charge in [-0.3, -0.25) is 10.1 Å². The Morgan fingerprint density at radius 1 is 1.14 bits per heavy atom. The number of anilines is 3. The zero-order valence-corrected chi connectivity index (χ0v) is 17.7. The van der Waals surface area contributed by atoms with Crippen LogP contribution in [-0.4, -0.2) is 24.0 Å². The van der Waals surface area contributed by atoms with Gasteiger partial charge in [-0.05, 0) is 55.8 Å². The molecule has 3 amide bonds. The molecule has 0 saturated carbocycles. The van der Waals surface area contributed by atoms with Crippen molar-refractivity contribution in [1.82, 2.24) is 4.98 Å². The third-order valence-corrected chi connectivity index (χ3v) is 6.00. The number of nitrogens with zero attached hydrogens (tertiary/aromatic N) is 2. The summed E-state index contributed by atoms with van der Waals surface area (Å²) in [5.41, 5.74) is 3.61. The summed E-state index contributed by atoms with van der Waals surface area (Å²) in [7, 11) is 1.79. The molecule has 2 N–H and O–H groups in total. The number of likely N-dealkylation sites (N-methyl/N-ethyl adjacent to an activating group) is 1. The van der Waals surface area contributed by atoms with Gasteiger partial charge in [0.05, 0.1) is 11.1 Å². The number of halogens is 1. The molecule has 1 aliphatic rings. The van der Waals surface area contributed by atoms with Crippen molar-refractivity contribution in [2.24, 2.45) is 0 Å². The van der Waals surface area contributed by atoms with Crippen molar-refractivity contribution in [2.75, 3.05) is 22.6 Å². The van der Waals surface area contributed by atoms with Gasteiger partial charge in [-0.15, -0.1) is 11.3 Å². The summed E-state index contributed by atoms with van der Waals surface area (Å²) < 4.78 is 0. The lowest BCUT2D eigenvalue weighted by molar-refractivity contribution is -0.121. The number of carbonyl (C=O) groups excluding carboxylic acids is 2. The number of rotatable bonds is 3. The molecule has 0 unspecified atom stereocenters. The standard InChI is InChI=1S/C21H19ClN4O2S/c1-21(2)15-10-12(4-9-17(15)26(3)18(21)27)16-11-29-20(24-16)25-19(28)23-14-7-5-13(22)6-8-14/h4-11H,1-3H3,(H2,23,24,25,28). The van der Waals surface area contributed by atoms with Crippen LogP contribution in [0.25, 0.3) is 11.3 Å². The lowest BCUT2D eigenvalue weighted by atomic mass is 9.85. The molecule has 0 atom stereocenters.